The smallest absolute Gasteiger partial charge is 0.214 e. The summed E-state index contributed by atoms with van der Waals surface area (Å²) in [6, 6.07) is 21.8. The number of aryl methyl sites for hydroxylation is 1. The van der Waals surface area contributed by atoms with Gasteiger partial charge in [0.1, 0.15) is 12.4 Å². The van der Waals surface area contributed by atoms with E-state index in [-0.39, 0.29) is 0 Å². The zero-order valence-corrected chi connectivity index (χ0v) is 20.3. The SMILES string of the molecule is CCOc1cc(CNn2c(-c3ccccc3OC)n[nH]c2=S)ccc1OCc1ccccc1C. The first-order chi connectivity index (χ1) is 16.6. The standard InChI is InChI=1S/C26H28N4O3S/c1-4-32-24-15-19(13-14-23(24)33-17-20-10-6-5-9-18(20)2)16-27-30-25(28-29-26(30)34)21-11-7-8-12-22(21)31-3/h5-15,27H,4,16-17H2,1-3H3,(H,29,34). The topological polar surface area (TPSA) is 73.3 Å². The molecule has 0 aliphatic heterocycles. The van der Waals surface area contributed by atoms with Gasteiger partial charge in [-0.25, -0.2) is 9.77 Å². The molecule has 0 bridgehead atoms. The molecule has 0 amide bonds. The van der Waals surface area contributed by atoms with Crippen LogP contribution in [-0.4, -0.2) is 28.6 Å². The summed E-state index contributed by atoms with van der Waals surface area (Å²) in [6.45, 7) is 5.57. The minimum atomic E-state index is 0.462. The van der Waals surface area contributed by atoms with E-state index in [4.69, 9.17) is 26.4 Å². The maximum absolute atomic E-state index is 6.09. The van der Waals surface area contributed by atoms with Crippen molar-refractivity contribution in [3.05, 3.63) is 88.2 Å². The van der Waals surface area contributed by atoms with Crippen LogP contribution in [0.25, 0.3) is 11.4 Å². The van der Waals surface area contributed by atoms with Gasteiger partial charge in [-0.2, -0.15) is 5.10 Å². The van der Waals surface area contributed by atoms with Crippen molar-refractivity contribution in [3.63, 3.8) is 0 Å². The van der Waals surface area contributed by atoms with E-state index in [1.165, 1.54) is 5.56 Å². The van der Waals surface area contributed by atoms with E-state index in [1.54, 1.807) is 11.8 Å². The fourth-order valence-electron chi connectivity index (χ4n) is 3.60. The molecule has 8 heteroatoms. The molecule has 0 fully saturated rings. The minimum Gasteiger partial charge on any atom is -0.496 e. The van der Waals surface area contributed by atoms with Gasteiger partial charge in [0, 0.05) is 0 Å². The first-order valence-corrected chi connectivity index (χ1v) is 11.5. The normalized spacial score (nSPS) is 10.7. The molecule has 0 aliphatic carbocycles. The van der Waals surface area contributed by atoms with Crippen LogP contribution in [0.2, 0.25) is 0 Å². The molecule has 0 saturated heterocycles. The van der Waals surface area contributed by atoms with E-state index in [9.17, 15) is 0 Å². The lowest BCUT2D eigenvalue weighted by Crippen LogP contribution is -2.16. The average molecular weight is 477 g/mol. The number of hydrogen-bond acceptors (Lipinski definition) is 6. The molecule has 0 radical (unpaired) electrons. The Bertz CT molecular complexity index is 1320. The highest BCUT2D eigenvalue weighted by molar-refractivity contribution is 7.71. The number of nitrogens with zero attached hydrogens (tertiary/aromatic N) is 2. The molecule has 0 saturated carbocycles. The van der Waals surface area contributed by atoms with Crippen LogP contribution in [0.1, 0.15) is 23.6 Å². The molecule has 34 heavy (non-hydrogen) atoms. The fraction of sp³-hybridized carbons (Fsp3) is 0.231. The molecule has 2 N–H and O–H groups in total. The third-order valence-electron chi connectivity index (χ3n) is 5.41. The molecule has 176 valence electrons. The minimum absolute atomic E-state index is 0.462. The average Bonchev–Trinajstić information content (AvgIpc) is 3.23. The van der Waals surface area contributed by atoms with E-state index >= 15 is 0 Å². The number of methoxy groups -OCH3 is 1. The second-order valence-corrected chi connectivity index (χ2v) is 8.04. The number of aromatic nitrogens is 3. The van der Waals surface area contributed by atoms with Gasteiger partial charge in [0.05, 0.1) is 25.8 Å². The first-order valence-electron chi connectivity index (χ1n) is 11.1. The number of H-pyrrole nitrogens is 1. The number of hydrogen-bond donors (Lipinski definition) is 2. The second-order valence-electron chi connectivity index (χ2n) is 7.65. The molecule has 0 atom stereocenters. The van der Waals surface area contributed by atoms with Crippen molar-refractivity contribution in [2.45, 2.75) is 27.0 Å². The second kappa shape index (κ2) is 10.9. The van der Waals surface area contributed by atoms with Crippen LogP contribution in [-0.2, 0) is 13.2 Å². The molecular formula is C26H28N4O3S. The number of benzene rings is 3. The van der Waals surface area contributed by atoms with Gasteiger partial charge >= 0.3 is 0 Å². The zero-order valence-electron chi connectivity index (χ0n) is 19.5. The lowest BCUT2D eigenvalue weighted by molar-refractivity contribution is 0.268. The molecule has 7 nitrogen and oxygen atoms in total. The van der Waals surface area contributed by atoms with Crippen molar-refractivity contribution in [3.8, 4) is 28.6 Å². The quantitative estimate of drug-likeness (QED) is 0.288. The monoisotopic (exact) mass is 476 g/mol. The summed E-state index contributed by atoms with van der Waals surface area (Å²) in [5, 5.41) is 7.24. The summed E-state index contributed by atoms with van der Waals surface area (Å²) in [5.41, 5.74) is 7.54. The summed E-state index contributed by atoms with van der Waals surface area (Å²) in [7, 11) is 1.63. The molecular weight excluding hydrogens is 448 g/mol. The molecule has 1 aromatic heterocycles. The Labute approximate surface area is 204 Å². The van der Waals surface area contributed by atoms with Gasteiger partial charge in [-0.3, -0.25) is 0 Å². The van der Waals surface area contributed by atoms with E-state index in [0.717, 1.165) is 16.7 Å². The van der Waals surface area contributed by atoms with Crippen molar-refractivity contribution in [2.24, 2.45) is 0 Å². The largest absolute Gasteiger partial charge is 0.496 e. The van der Waals surface area contributed by atoms with Gasteiger partial charge in [0.25, 0.3) is 0 Å². The van der Waals surface area contributed by atoms with Gasteiger partial charge in [0.2, 0.25) is 4.77 Å². The van der Waals surface area contributed by atoms with E-state index < -0.39 is 0 Å². The Morgan fingerprint density at radius 2 is 1.76 bits per heavy atom. The number of ether oxygens (including phenoxy) is 3. The third kappa shape index (κ3) is 5.23. The zero-order chi connectivity index (χ0) is 23.9. The van der Waals surface area contributed by atoms with Gasteiger partial charge in [-0.1, -0.05) is 42.5 Å². The lowest BCUT2D eigenvalue weighted by Gasteiger charge is -2.16. The maximum Gasteiger partial charge on any atom is 0.214 e. The summed E-state index contributed by atoms with van der Waals surface area (Å²) < 4.78 is 19.6. The molecule has 0 spiro atoms. The Morgan fingerprint density at radius 1 is 0.971 bits per heavy atom. The summed E-state index contributed by atoms with van der Waals surface area (Å²) in [4.78, 5) is 0. The van der Waals surface area contributed by atoms with Crippen molar-refractivity contribution in [1.82, 2.24) is 14.9 Å². The van der Waals surface area contributed by atoms with Gasteiger partial charge in [-0.05, 0) is 67.0 Å². The fourth-order valence-corrected chi connectivity index (χ4v) is 3.80. The van der Waals surface area contributed by atoms with E-state index in [2.05, 4.69) is 34.7 Å². The lowest BCUT2D eigenvalue weighted by atomic mass is 10.1. The Kier molecular flexibility index (Phi) is 7.49. The van der Waals surface area contributed by atoms with Crippen molar-refractivity contribution >= 4 is 12.2 Å². The summed E-state index contributed by atoms with van der Waals surface area (Å²) >= 11 is 5.44. The Morgan fingerprint density at radius 3 is 2.56 bits per heavy atom. The van der Waals surface area contributed by atoms with Crippen molar-refractivity contribution in [1.29, 1.82) is 0 Å². The van der Waals surface area contributed by atoms with Crippen LogP contribution in [0.5, 0.6) is 17.2 Å². The highest BCUT2D eigenvalue weighted by atomic mass is 32.1. The van der Waals surface area contributed by atoms with Gasteiger partial charge in [-0.15, -0.1) is 0 Å². The predicted octanol–water partition coefficient (Wildman–Crippen LogP) is 5.65. The van der Waals surface area contributed by atoms with Crippen LogP contribution in [0.4, 0.5) is 0 Å². The number of rotatable bonds is 10. The van der Waals surface area contributed by atoms with E-state index in [0.29, 0.717) is 47.6 Å². The Hall–Kier alpha value is -3.78. The van der Waals surface area contributed by atoms with Crippen molar-refractivity contribution < 1.29 is 14.2 Å². The van der Waals surface area contributed by atoms with Gasteiger partial charge in [0.15, 0.2) is 17.3 Å². The molecule has 1 heterocycles. The molecule has 0 unspecified atom stereocenters. The van der Waals surface area contributed by atoms with Crippen LogP contribution in [0.3, 0.4) is 0 Å². The summed E-state index contributed by atoms with van der Waals surface area (Å²) in [6.07, 6.45) is 0. The first kappa shape index (κ1) is 23.4. The molecule has 0 aliphatic rings. The summed E-state index contributed by atoms with van der Waals surface area (Å²) in [5.74, 6) is 2.78. The highest BCUT2D eigenvalue weighted by Gasteiger charge is 2.14. The van der Waals surface area contributed by atoms with Crippen LogP contribution >= 0.6 is 12.2 Å². The number of para-hydroxylation sites is 1. The predicted molar refractivity (Wildman–Crippen MR) is 136 cm³/mol. The highest BCUT2D eigenvalue weighted by Crippen LogP contribution is 2.30. The van der Waals surface area contributed by atoms with Gasteiger partial charge < -0.3 is 19.6 Å². The number of nitrogens with one attached hydrogen (secondary N) is 2. The van der Waals surface area contributed by atoms with Crippen LogP contribution in [0.15, 0.2) is 66.7 Å². The Balaban J connectivity index is 1.52. The molecule has 3 aromatic carbocycles. The maximum atomic E-state index is 6.09. The third-order valence-corrected chi connectivity index (χ3v) is 5.69. The number of aromatic amines is 1. The van der Waals surface area contributed by atoms with E-state index in [1.807, 2.05) is 61.5 Å². The van der Waals surface area contributed by atoms with Crippen molar-refractivity contribution in [2.75, 3.05) is 19.1 Å². The van der Waals surface area contributed by atoms with Crippen LogP contribution in [0, 0.1) is 11.7 Å². The van der Waals surface area contributed by atoms with Crippen LogP contribution < -0.4 is 19.6 Å². The molecule has 4 aromatic rings. The molecule has 4 rings (SSSR count).